The second-order valence-corrected chi connectivity index (χ2v) is 11.5. The first kappa shape index (κ1) is 33.8. The molecule has 3 aromatic rings. The molecule has 1 aliphatic heterocycles. The Labute approximate surface area is 274 Å². The number of halogens is 2. The second kappa shape index (κ2) is 14.8. The van der Waals surface area contributed by atoms with Gasteiger partial charge in [0.25, 0.3) is 0 Å². The van der Waals surface area contributed by atoms with Crippen molar-refractivity contribution in [3.63, 3.8) is 0 Å². The number of methoxy groups -OCH3 is 1. The SMILES string of the molecule is COc1cc(CC(=O)N(NC2(C(C)=O)C=CC(c3ccccc3)=CC2)c2ccccc2N2CCCCC2)c(Cl)cc1C(=O)O.Cl. The molecule has 0 bridgehead atoms. The van der Waals surface area contributed by atoms with E-state index in [0.717, 1.165) is 49.2 Å². The number of aromatic carboxylic acids is 1. The van der Waals surface area contributed by atoms with Crippen LogP contribution in [0, 0.1) is 0 Å². The molecule has 1 saturated heterocycles. The molecule has 2 aliphatic rings. The molecule has 1 aliphatic carbocycles. The Balaban J connectivity index is 0.00000461. The number of rotatable bonds is 10. The van der Waals surface area contributed by atoms with Crippen LogP contribution in [0.3, 0.4) is 0 Å². The number of ether oxygens (including phenoxy) is 1. The highest BCUT2D eigenvalue weighted by molar-refractivity contribution is 6.32. The van der Waals surface area contributed by atoms with Crippen LogP contribution in [0.5, 0.6) is 5.75 Å². The van der Waals surface area contributed by atoms with Gasteiger partial charge in [-0.3, -0.25) is 9.59 Å². The minimum atomic E-state index is -1.18. The molecule has 1 heterocycles. The summed E-state index contributed by atoms with van der Waals surface area (Å²) in [4.78, 5) is 41.7. The van der Waals surface area contributed by atoms with Crippen LogP contribution in [0.2, 0.25) is 5.02 Å². The number of benzene rings is 3. The summed E-state index contributed by atoms with van der Waals surface area (Å²) < 4.78 is 5.30. The fraction of sp³-hybridized carbons (Fsp3) is 0.286. The molecule has 0 radical (unpaired) electrons. The lowest BCUT2D eigenvalue weighted by atomic mass is 9.84. The largest absolute Gasteiger partial charge is 0.496 e. The van der Waals surface area contributed by atoms with E-state index in [0.29, 0.717) is 17.7 Å². The van der Waals surface area contributed by atoms with Crippen molar-refractivity contribution < 1.29 is 24.2 Å². The number of carboxylic acids is 1. The summed E-state index contributed by atoms with van der Waals surface area (Å²) in [5, 5.41) is 11.2. The Morgan fingerprint density at radius 3 is 2.33 bits per heavy atom. The van der Waals surface area contributed by atoms with Crippen LogP contribution >= 0.6 is 24.0 Å². The van der Waals surface area contributed by atoms with E-state index in [9.17, 15) is 19.5 Å². The van der Waals surface area contributed by atoms with Crippen LogP contribution in [0.25, 0.3) is 5.57 Å². The molecule has 1 fully saturated rings. The normalized spacial score (nSPS) is 17.6. The first-order chi connectivity index (χ1) is 21.2. The van der Waals surface area contributed by atoms with E-state index in [-0.39, 0.29) is 46.9 Å². The smallest absolute Gasteiger partial charge is 0.339 e. The van der Waals surface area contributed by atoms with Gasteiger partial charge >= 0.3 is 5.97 Å². The molecule has 236 valence electrons. The van der Waals surface area contributed by atoms with Gasteiger partial charge in [0.15, 0.2) is 5.78 Å². The van der Waals surface area contributed by atoms with E-state index in [1.807, 2.05) is 72.8 Å². The lowest BCUT2D eigenvalue weighted by Gasteiger charge is -2.39. The van der Waals surface area contributed by atoms with E-state index in [2.05, 4.69) is 10.3 Å². The zero-order valence-corrected chi connectivity index (χ0v) is 26.9. The standard InChI is InChI=1S/C35H36ClN3O5.ClH/c1-24(40)35(17-15-26(16-18-35)25-11-5-3-6-12-25)37-39(31-14-8-7-13-30(31)38-19-9-4-10-20-38)33(41)22-27-21-32(44-2)28(34(42)43)23-29(27)36;/h3,5-8,11-17,21,23,37H,4,9-10,18-20,22H2,1-2H3,(H,42,43);1H. The van der Waals surface area contributed by atoms with Gasteiger partial charge < -0.3 is 14.7 Å². The van der Waals surface area contributed by atoms with Gasteiger partial charge in [-0.15, -0.1) is 12.4 Å². The van der Waals surface area contributed by atoms with Gasteiger partial charge in [-0.2, -0.15) is 0 Å². The molecule has 0 spiro atoms. The molecular weight excluding hydrogens is 613 g/mol. The van der Waals surface area contributed by atoms with Crippen LogP contribution < -0.4 is 20.1 Å². The van der Waals surface area contributed by atoms with Crippen molar-refractivity contribution in [3.05, 3.63) is 107 Å². The number of nitrogens with zero attached hydrogens (tertiary/aromatic N) is 2. The maximum Gasteiger partial charge on any atom is 0.339 e. The molecule has 0 aromatic heterocycles. The summed E-state index contributed by atoms with van der Waals surface area (Å²) in [7, 11) is 1.37. The fourth-order valence-electron chi connectivity index (χ4n) is 5.73. The Bertz CT molecular complexity index is 1620. The number of allylic oxidation sites excluding steroid dienone is 2. The summed E-state index contributed by atoms with van der Waals surface area (Å²) in [6, 6.07) is 20.4. The first-order valence-corrected chi connectivity index (χ1v) is 15.1. The third kappa shape index (κ3) is 7.41. The zero-order chi connectivity index (χ0) is 31.3. The number of amides is 1. The monoisotopic (exact) mass is 649 g/mol. The Morgan fingerprint density at radius 2 is 1.71 bits per heavy atom. The van der Waals surface area contributed by atoms with Crippen LogP contribution in [0.1, 0.15) is 54.1 Å². The highest BCUT2D eigenvalue weighted by Crippen LogP contribution is 2.35. The molecule has 10 heteroatoms. The number of hydrogen-bond acceptors (Lipinski definition) is 6. The van der Waals surface area contributed by atoms with Crippen LogP contribution in [0.4, 0.5) is 11.4 Å². The van der Waals surface area contributed by atoms with Crippen molar-refractivity contribution in [3.8, 4) is 5.75 Å². The third-order valence-corrected chi connectivity index (χ3v) is 8.60. The summed E-state index contributed by atoms with van der Waals surface area (Å²) in [6.07, 6.45) is 9.18. The predicted molar refractivity (Wildman–Crippen MR) is 181 cm³/mol. The van der Waals surface area contributed by atoms with Crippen molar-refractivity contribution in [2.24, 2.45) is 0 Å². The van der Waals surface area contributed by atoms with E-state index in [1.165, 1.54) is 31.2 Å². The van der Waals surface area contributed by atoms with Crippen LogP contribution in [0.15, 0.2) is 85.0 Å². The number of nitrogens with one attached hydrogen (secondary N) is 1. The summed E-state index contributed by atoms with van der Waals surface area (Å²) >= 11 is 6.50. The molecule has 1 atom stereocenters. The first-order valence-electron chi connectivity index (χ1n) is 14.7. The number of ketones is 1. The fourth-order valence-corrected chi connectivity index (χ4v) is 5.96. The Hall–Kier alpha value is -4.11. The molecule has 5 rings (SSSR count). The molecule has 45 heavy (non-hydrogen) atoms. The number of hydrogen-bond donors (Lipinski definition) is 2. The maximum absolute atomic E-state index is 14.3. The highest BCUT2D eigenvalue weighted by atomic mass is 35.5. The van der Waals surface area contributed by atoms with Crippen molar-refractivity contribution in [2.75, 3.05) is 30.1 Å². The van der Waals surface area contributed by atoms with Crippen molar-refractivity contribution in [2.45, 2.75) is 44.6 Å². The van der Waals surface area contributed by atoms with E-state index in [1.54, 1.807) is 0 Å². The molecule has 1 unspecified atom stereocenters. The third-order valence-electron chi connectivity index (χ3n) is 8.25. The van der Waals surface area contributed by atoms with Gasteiger partial charge in [-0.05, 0) is 73.6 Å². The van der Waals surface area contributed by atoms with Crippen molar-refractivity contribution >= 4 is 58.6 Å². The molecular formula is C35H37Cl2N3O5. The summed E-state index contributed by atoms with van der Waals surface area (Å²) in [5.74, 6) is -1.59. The number of piperidine rings is 1. The molecule has 3 aromatic carbocycles. The zero-order valence-electron chi connectivity index (χ0n) is 25.3. The number of hydrazine groups is 1. The summed E-state index contributed by atoms with van der Waals surface area (Å²) in [5.41, 5.74) is 6.01. The van der Waals surface area contributed by atoms with Crippen molar-refractivity contribution in [1.29, 1.82) is 0 Å². The Morgan fingerprint density at radius 1 is 1.02 bits per heavy atom. The van der Waals surface area contributed by atoms with Gasteiger partial charge in [0.1, 0.15) is 16.9 Å². The van der Waals surface area contributed by atoms with Gasteiger partial charge in [0.2, 0.25) is 5.91 Å². The molecule has 2 N–H and O–H groups in total. The number of Topliss-reactive ketones (excluding diaryl/α,β-unsaturated/α-hetero) is 1. The Kier molecular flexibility index (Phi) is 11.1. The predicted octanol–water partition coefficient (Wildman–Crippen LogP) is 6.91. The van der Waals surface area contributed by atoms with Gasteiger partial charge in [0, 0.05) is 18.1 Å². The number of anilines is 2. The average molecular weight is 651 g/mol. The molecule has 8 nitrogen and oxygen atoms in total. The number of carbonyl (C=O) groups excluding carboxylic acids is 2. The van der Waals surface area contributed by atoms with E-state index < -0.39 is 11.5 Å². The average Bonchev–Trinajstić information content (AvgIpc) is 3.05. The topological polar surface area (TPSA) is 99.2 Å². The van der Waals surface area contributed by atoms with Gasteiger partial charge in [0.05, 0.1) is 24.9 Å². The molecule has 1 amide bonds. The van der Waals surface area contributed by atoms with E-state index in [4.69, 9.17) is 16.3 Å². The maximum atomic E-state index is 14.3. The lowest BCUT2D eigenvalue weighted by Crippen LogP contribution is -2.60. The van der Waals surface area contributed by atoms with Gasteiger partial charge in [-0.25, -0.2) is 15.2 Å². The number of carbonyl (C=O) groups is 3. The van der Waals surface area contributed by atoms with Gasteiger partial charge in [-0.1, -0.05) is 72.3 Å². The molecule has 0 saturated carbocycles. The minimum absolute atomic E-state index is 0. The van der Waals surface area contributed by atoms with E-state index >= 15 is 0 Å². The number of para-hydroxylation sites is 2. The van der Waals surface area contributed by atoms with Crippen LogP contribution in [-0.4, -0.2) is 48.5 Å². The van der Waals surface area contributed by atoms with Crippen LogP contribution in [-0.2, 0) is 16.0 Å². The lowest BCUT2D eigenvalue weighted by molar-refractivity contribution is -0.123. The highest BCUT2D eigenvalue weighted by Gasteiger charge is 2.38. The minimum Gasteiger partial charge on any atom is -0.496 e. The quantitative estimate of drug-likeness (QED) is 0.230. The second-order valence-electron chi connectivity index (χ2n) is 11.1. The number of carboxylic acid groups (broad SMARTS) is 1. The van der Waals surface area contributed by atoms with Crippen molar-refractivity contribution in [1.82, 2.24) is 5.43 Å². The summed E-state index contributed by atoms with van der Waals surface area (Å²) in [6.45, 7) is 3.24.